The van der Waals surface area contributed by atoms with Crippen molar-refractivity contribution in [3.63, 3.8) is 0 Å². The molecule has 0 aliphatic carbocycles. The van der Waals surface area contributed by atoms with Crippen LogP contribution in [0.4, 0.5) is 0 Å². The minimum Gasteiger partial charge on any atom is -0.408 e. The van der Waals surface area contributed by atoms with E-state index in [1.54, 1.807) is 4.57 Å². The van der Waals surface area contributed by atoms with Gasteiger partial charge in [-0.1, -0.05) is 6.07 Å². The standard InChI is InChI=1S/C16H20ClNO3/c1-2-18-14-8-5-11(10-15(14)21-16(18)19)13(17)7-6-12-4-3-9-20-12/h5,8,10,12-13H,2-4,6-7,9H2,1H3. The summed E-state index contributed by atoms with van der Waals surface area (Å²) in [6.07, 6.45) is 4.49. The lowest BCUT2D eigenvalue weighted by atomic mass is 10.0. The average molecular weight is 310 g/mol. The van der Waals surface area contributed by atoms with Crippen molar-refractivity contribution in [3.8, 4) is 0 Å². The summed E-state index contributed by atoms with van der Waals surface area (Å²) < 4.78 is 12.5. The third-order valence-electron chi connectivity index (χ3n) is 4.14. The van der Waals surface area contributed by atoms with E-state index in [0.29, 0.717) is 18.2 Å². The lowest BCUT2D eigenvalue weighted by molar-refractivity contribution is 0.102. The van der Waals surface area contributed by atoms with Gasteiger partial charge in [-0.3, -0.25) is 4.57 Å². The molecular weight excluding hydrogens is 290 g/mol. The first kappa shape index (κ1) is 14.7. The van der Waals surface area contributed by atoms with E-state index in [9.17, 15) is 4.79 Å². The smallest absolute Gasteiger partial charge is 0.408 e. The van der Waals surface area contributed by atoms with E-state index in [1.807, 2.05) is 25.1 Å². The van der Waals surface area contributed by atoms with Gasteiger partial charge in [0.15, 0.2) is 5.58 Å². The number of hydrogen-bond acceptors (Lipinski definition) is 3. The van der Waals surface area contributed by atoms with Crippen LogP contribution in [0.1, 0.15) is 43.5 Å². The van der Waals surface area contributed by atoms with Gasteiger partial charge in [-0.05, 0) is 50.3 Å². The SMILES string of the molecule is CCn1c(=O)oc2cc(C(Cl)CCC3CCCO3)ccc21. The van der Waals surface area contributed by atoms with Crippen molar-refractivity contribution in [2.24, 2.45) is 0 Å². The van der Waals surface area contributed by atoms with E-state index in [1.165, 1.54) is 0 Å². The van der Waals surface area contributed by atoms with E-state index in [4.69, 9.17) is 20.8 Å². The molecule has 2 unspecified atom stereocenters. The normalized spacial score (nSPS) is 20.2. The predicted molar refractivity (Wildman–Crippen MR) is 83.0 cm³/mol. The Balaban J connectivity index is 1.75. The molecule has 21 heavy (non-hydrogen) atoms. The lowest BCUT2D eigenvalue weighted by Gasteiger charge is -2.13. The highest BCUT2D eigenvalue weighted by Gasteiger charge is 2.18. The van der Waals surface area contributed by atoms with Crippen LogP contribution in [0.3, 0.4) is 0 Å². The number of rotatable bonds is 5. The molecule has 1 saturated heterocycles. The quantitative estimate of drug-likeness (QED) is 0.788. The number of oxazole rings is 1. The minimum atomic E-state index is -0.310. The van der Waals surface area contributed by atoms with Crippen LogP contribution in [0.25, 0.3) is 11.1 Å². The summed E-state index contributed by atoms with van der Waals surface area (Å²) in [5.74, 6) is -0.310. The Labute approximate surface area is 128 Å². The fraction of sp³-hybridized carbons (Fsp3) is 0.562. The molecule has 2 aromatic rings. The molecule has 2 heterocycles. The van der Waals surface area contributed by atoms with Crippen LogP contribution in [0, 0.1) is 0 Å². The molecule has 0 bridgehead atoms. The van der Waals surface area contributed by atoms with Gasteiger partial charge in [0.1, 0.15) is 0 Å². The summed E-state index contributed by atoms with van der Waals surface area (Å²) in [6.45, 7) is 3.41. The zero-order valence-electron chi connectivity index (χ0n) is 12.2. The Hall–Kier alpha value is -1.26. The van der Waals surface area contributed by atoms with Crippen LogP contribution in [-0.2, 0) is 11.3 Å². The monoisotopic (exact) mass is 309 g/mol. The second kappa shape index (κ2) is 6.24. The summed E-state index contributed by atoms with van der Waals surface area (Å²) in [6, 6.07) is 5.78. The van der Waals surface area contributed by atoms with Crippen molar-refractivity contribution in [1.82, 2.24) is 4.57 Å². The zero-order valence-corrected chi connectivity index (χ0v) is 12.9. The second-order valence-corrected chi connectivity index (χ2v) is 6.05. The predicted octanol–water partition coefficient (Wildman–Crippen LogP) is 3.85. The highest BCUT2D eigenvalue weighted by Crippen LogP contribution is 2.30. The van der Waals surface area contributed by atoms with Crippen LogP contribution in [0.5, 0.6) is 0 Å². The van der Waals surface area contributed by atoms with Gasteiger partial charge in [-0.2, -0.15) is 0 Å². The Morgan fingerprint density at radius 3 is 3.05 bits per heavy atom. The maximum atomic E-state index is 11.7. The van der Waals surface area contributed by atoms with Crippen molar-refractivity contribution >= 4 is 22.7 Å². The molecule has 4 nitrogen and oxygen atoms in total. The van der Waals surface area contributed by atoms with Crippen LogP contribution in [-0.4, -0.2) is 17.3 Å². The Kier molecular flexibility index (Phi) is 4.36. The summed E-state index contributed by atoms with van der Waals surface area (Å²) in [5.41, 5.74) is 2.44. The van der Waals surface area contributed by atoms with Gasteiger partial charge in [-0.25, -0.2) is 4.79 Å². The molecule has 1 aliphatic rings. The van der Waals surface area contributed by atoms with Gasteiger partial charge < -0.3 is 9.15 Å². The maximum absolute atomic E-state index is 11.7. The van der Waals surface area contributed by atoms with Crippen molar-refractivity contribution in [2.75, 3.05) is 6.61 Å². The van der Waals surface area contributed by atoms with E-state index >= 15 is 0 Å². The van der Waals surface area contributed by atoms with Crippen molar-refractivity contribution in [3.05, 3.63) is 34.3 Å². The van der Waals surface area contributed by atoms with E-state index in [-0.39, 0.29) is 11.1 Å². The molecule has 1 aromatic heterocycles. The van der Waals surface area contributed by atoms with E-state index in [0.717, 1.165) is 43.4 Å². The van der Waals surface area contributed by atoms with Crippen LogP contribution in [0.2, 0.25) is 0 Å². The number of nitrogens with zero attached hydrogens (tertiary/aromatic N) is 1. The average Bonchev–Trinajstić information content (AvgIpc) is 3.10. The molecule has 0 spiro atoms. The molecule has 0 amide bonds. The molecule has 1 aliphatic heterocycles. The zero-order chi connectivity index (χ0) is 14.8. The number of aryl methyl sites for hydroxylation is 1. The van der Waals surface area contributed by atoms with Crippen LogP contribution >= 0.6 is 11.6 Å². The molecule has 114 valence electrons. The highest BCUT2D eigenvalue weighted by atomic mass is 35.5. The molecule has 0 N–H and O–H groups in total. The first-order valence-electron chi connectivity index (χ1n) is 7.58. The molecule has 0 radical (unpaired) electrons. The van der Waals surface area contributed by atoms with Gasteiger partial charge >= 0.3 is 5.76 Å². The molecule has 2 atom stereocenters. The summed E-state index contributed by atoms with van der Waals surface area (Å²) in [4.78, 5) is 11.7. The largest absolute Gasteiger partial charge is 0.419 e. The fourth-order valence-corrected chi connectivity index (χ4v) is 3.21. The van der Waals surface area contributed by atoms with Gasteiger partial charge in [-0.15, -0.1) is 11.6 Å². The second-order valence-electron chi connectivity index (χ2n) is 5.52. The first-order chi connectivity index (χ1) is 10.2. The molecule has 5 heteroatoms. The molecule has 1 fully saturated rings. The maximum Gasteiger partial charge on any atom is 0.419 e. The Morgan fingerprint density at radius 1 is 1.48 bits per heavy atom. The lowest BCUT2D eigenvalue weighted by Crippen LogP contribution is -2.11. The van der Waals surface area contributed by atoms with Gasteiger partial charge in [0.05, 0.1) is 17.0 Å². The van der Waals surface area contributed by atoms with Crippen molar-refractivity contribution in [1.29, 1.82) is 0 Å². The van der Waals surface area contributed by atoms with Crippen molar-refractivity contribution in [2.45, 2.75) is 50.6 Å². The third-order valence-corrected chi connectivity index (χ3v) is 4.61. The number of halogens is 1. The highest BCUT2D eigenvalue weighted by molar-refractivity contribution is 6.20. The Morgan fingerprint density at radius 2 is 2.33 bits per heavy atom. The number of alkyl halides is 1. The molecule has 3 rings (SSSR count). The fourth-order valence-electron chi connectivity index (χ4n) is 2.95. The molecule has 1 aromatic carbocycles. The number of benzene rings is 1. The summed E-state index contributed by atoms with van der Waals surface area (Å²) in [5, 5.41) is -0.0751. The molecule has 0 saturated carbocycles. The van der Waals surface area contributed by atoms with Crippen molar-refractivity contribution < 1.29 is 9.15 Å². The topological polar surface area (TPSA) is 44.4 Å². The van der Waals surface area contributed by atoms with Crippen LogP contribution < -0.4 is 5.76 Å². The number of ether oxygens (including phenoxy) is 1. The van der Waals surface area contributed by atoms with E-state index < -0.39 is 0 Å². The van der Waals surface area contributed by atoms with Gasteiger partial charge in [0.2, 0.25) is 0 Å². The summed E-state index contributed by atoms with van der Waals surface area (Å²) >= 11 is 6.48. The Bertz CT molecular complexity index is 670. The van der Waals surface area contributed by atoms with Gasteiger partial charge in [0, 0.05) is 13.2 Å². The van der Waals surface area contributed by atoms with Crippen LogP contribution in [0.15, 0.2) is 27.4 Å². The minimum absolute atomic E-state index is 0.0751. The number of aromatic nitrogens is 1. The van der Waals surface area contributed by atoms with Gasteiger partial charge in [0.25, 0.3) is 0 Å². The summed E-state index contributed by atoms with van der Waals surface area (Å²) in [7, 11) is 0. The third kappa shape index (κ3) is 3.01. The number of hydrogen-bond donors (Lipinski definition) is 0. The van der Waals surface area contributed by atoms with E-state index in [2.05, 4.69) is 0 Å². The first-order valence-corrected chi connectivity index (χ1v) is 8.01. The molecular formula is C16H20ClNO3. The number of fused-ring (bicyclic) bond motifs is 1.